The van der Waals surface area contributed by atoms with E-state index in [0.29, 0.717) is 56.4 Å². The number of hydrogen-bond donors (Lipinski definition) is 1. The summed E-state index contributed by atoms with van der Waals surface area (Å²) in [6, 6.07) is 12.5. The lowest BCUT2D eigenvalue weighted by atomic mass is 10.1. The van der Waals surface area contributed by atoms with Gasteiger partial charge in [0, 0.05) is 56.0 Å². The van der Waals surface area contributed by atoms with Crippen LogP contribution >= 0.6 is 11.6 Å². The minimum Gasteiger partial charge on any atom is -0.368 e. The SMILES string of the molecule is N[C@H]1C[C@@H](C(=O)N2CCN(c3cccc(C(F)(F)F)c3)CC2)N(Cc2ccccc2Cl)C1. The van der Waals surface area contributed by atoms with Crippen LogP contribution in [-0.2, 0) is 17.5 Å². The number of likely N-dealkylation sites (tertiary alicyclic amines) is 1. The first-order valence-corrected chi connectivity index (χ1v) is 11.0. The van der Waals surface area contributed by atoms with Crippen LogP contribution in [0.5, 0.6) is 0 Å². The second-order valence-corrected chi connectivity index (χ2v) is 8.80. The Morgan fingerprint density at radius 2 is 1.78 bits per heavy atom. The Morgan fingerprint density at radius 3 is 2.47 bits per heavy atom. The fourth-order valence-corrected chi connectivity index (χ4v) is 4.69. The van der Waals surface area contributed by atoms with Crippen LogP contribution in [0.2, 0.25) is 5.02 Å². The minimum absolute atomic E-state index is 0.0219. The molecule has 2 aromatic rings. The van der Waals surface area contributed by atoms with Crippen LogP contribution in [0.1, 0.15) is 17.5 Å². The Balaban J connectivity index is 1.40. The Kier molecular flexibility index (Phi) is 6.65. The van der Waals surface area contributed by atoms with E-state index in [1.807, 2.05) is 29.2 Å². The smallest absolute Gasteiger partial charge is 0.368 e. The van der Waals surface area contributed by atoms with E-state index in [1.165, 1.54) is 12.1 Å². The first-order valence-electron chi connectivity index (χ1n) is 10.7. The van der Waals surface area contributed by atoms with E-state index in [1.54, 1.807) is 11.0 Å². The van der Waals surface area contributed by atoms with Crippen molar-refractivity contribution < 1.29 is 18.0 Å². The van der Waals surface area contributed by atoms with Crippen LogP contribution in [0.15, 0.2) is 48.5 Å². The van der Waals surface area contributed by atoms with Gasteiger partial charge in [0.05, 0.1) is 11.6 Å². The molecule has 0 spiro atoms. The lowest BCUT2D eigenvalue weighted by Crippen LogP contribution is -2.53. The van der Waals surface area contributed by atoms with E-state index in [9.17, 15) is 18.0 Å². The number of nitrogens with two attached hydrogens (primary N) is 1. The van der Waals surface area contributed by atoms with Gasteiger partial charge in [0.2, 0.25) is 5.91 Å². The number of rotatable bonds is 4. The average Bonchev–Trinajstić information content (AvgIpc) is 3.14. The van der Waals surface area contributed by atoms with Crippen molar-refractivity contribution in [1.29, 1.82) is 0 Å². The predicted octanol–water partition coefficient (Wildman–Crippen LogP) is 3.61. The molecular formula is C23H26ClF3N4O. The lowest BCUT2D eigenvalue weighted by Gasteiger charge is -2.38. The highest BCUT2D eigenvalue weighted by Gasteiger charge is 2.38. The Hall–Kier alpha value is -2.29. The van der Waals surface area contributed by atoms with Gasteiger partial charge in [-0.3, -0.25) is 9.69 Å². The third-order valence-electron chi connectivity index (χ3n) is 6.18. The molecule has 2 saturated heterocycles. The molecule has 2 atom stereocenters. The largest absolute Gasteiger partial charge is 0.416 e. The van der Waals surface area contributed by atoms with Gasteiger partial charge in [-0.15, -0.1) is 0 Å². The van der Waals surface area contributed by atoms with Crippen LogP contribution in [0, 0.1) is 0 Å². The van der Waals surface area contributed by atoms with E-state index in [4.69, 9.17) is 17.3 Å². The van der Waals surface area contributed by atoms with Crippen LogP contribution < -0.4 is 10.6 Å². The van der Waals surface area contributed by atoms with Crippen LogP contribution in [-0.4, -0.2) is 60.5 Å². The maximum absolute atomic E-state index is 13.3. The van der Waals surface area contributed by atoms with Crippen molar-refractivity contribution in [3.8, 4) is 0 Å². The summed E-state index contributed by atoms with van der Waals surface area (Å²) < 4.78 is 39.1. The van der Waals surface area contributed by atoms with Crippen molar-refractivity contribution in [3.63, 3.8) is 0 Å². The quantitative estimate of drug-likeness (QED) is 0.748. The molecule has 0 aromatic heterocycles. The lowest BCUT2D eigenvalue weighted by molar-refractivity contribution is -0.137. The van der Waals surface area contributed by atoms with E-state index in [0.717, 1.165) is 11.6 Å². The van der Waals surface area contributed by atoms with Crippen molar-refractivity contribution in [3.05, 3.63) is 64.7 Å². The first kappa shape index (κ1) is 22.9. The topological polar surface area (TPSA) is 52.8 Å². The summed E-state index contributed by atoms with van der Waals surface area (Å²) in [5, 5.41) is 0.661. The molecule has 2 aliphatic heterocycles. The zero-order valence-corrected chi connectivity index (χ0v) is 18.3. The maximum atomic E-state index is 13.3. The Morgan fingerprint density at radius 1 is 1.06 bits per heavy atom. The van der Waals surface area contributed by atoms with Crippen molar-refractivity contribution in [2.75, 3.05) is 37.6 Å². The molecule has 4 rings (SSSR count). The number of amides is 1. The predicted molar refractivity (Wildman–Crippen MR) is 118 cm³/mol. The van der Waals surface area contributed by atoms with Crippen molar-refractivity contribution in [1.82, 2.24) is 9.80 Å². The fraction of sp³-hybridized carbons (Fsp3) is 0.435. The second-order valence-electron chi connectivity index (χ2n) is 8.39. The summed E-state index contributed by atoms with van der Waals surface area (Å²) in [6.07, 6.45) is -3.79. The zero-order valence-electron chi connectivity index (χ0n) is 17.6. The molecule has 0 bridgehead atoms. The number of carbonyl (C=O) groups excluding carboxylic acids is 1. The number of piperazine rings is 1. The number of carbonyl (C=O) groups is 1. The van der Waals surface area contributed by atoms with Gasteiger partial charge in [-0.2, -0.15) is 13.2 Å². The number of nitrogens with zero attached hydrogens (tertiary/aromatic N) is 3. The van der Waals surface area contributed by atoms with Gasteiger partial charge >= 0.3 is 6.18 Å². The van der Waals surface area contributed by atoms with Gasteiger partial charge < -0.3 is 15.5 Å². The molecule has 172 valence electrons. The van der Waals surface area contributed by atoms with Crippen molar-refractivity contribution in [2.45, 2.75) is 31.2 Å². The van der Waals surface area contributed by atoms with E-state index in [2.05, 4.69) is 4.90 Å². The Bertz CT molecular complexity index is 962. The van der Waals surface area contributed by atoms with Gasteiger partial charge in [-0.25, -0.2) is 0 Å². The van der Waals surface area contributed by atoms with Crippen LogP contribution in [0.3, 0.4) is 0 Å². The number of alkyl halides is 3. The number of benzene rings is 2. The highest BCUT2D eigenvalue weighted by atomic mass is 35.5. The summed E-state index contributed by atoms with van der Waals surface area (Å²) >= 11 is 6.30. The van der Waals surface area contributed by atoms with Crippen LogP contribution in [0.4, 0.5) is 18.9 Å². The highest BCUT2D eigenvalue weighted by molar-refractivity contribution is 6.31. The molecule has 2 aliphatic rings. The third kappa shape index (κ3) is 5.03. The molecule has 0 radical (unpaired) electrons. The summed E-state index contributed by atoms with van der Waals surface area (Å²) in [5.41, 5.74) is 6.99. The molecule has 2 aromatic carbocycles. The zero-order chi connectivity index (χ0) is 22.9. The number of halogens is 4. The van der Waals surface area contributed by atoms with Gasteiger partial charge in [0.1, 0.15) is 0 Å². The first-order chi connectivity index (χ1) is 15.2. The molecule has 5 nitrogen and oxygen atoms in total. The average molecular weight is 467 g/mol. The van der Waals surface area contributed by atoms with Gasteiger partial charge in [0.15, 0.2) is 0 Å². The molecule has 9 heteroatoms. The molecule has 2 N–H and O–H groups in total. The molecule has 2 heterocycles. The molecule has 32 heavy (non-hydrogen) atoms. The summed E-state index contributed by atoms with van der Waals surface area (Å²) in [6.45, 7) is 3.05. The van der Waals surface area contributed by atoms with Crippen LogP contribution in [0.25, 0.3) is 0 Å². The second kappa shape index (κ2) is 9.29. The standard InChI is InChI=1S/C23H26ClF3N4O/c24-20-7-2-1-4-16(20)14-31-15-18(28)13-21(31)22(32)30-10-8-29(9-11-30)19-6-3-5-17(12-19)23(25,26)27/h1-7,12,18,21H,8-11,13-15,28H2/t18-,21-/m0/s1. The molecule has 0 saturated carbocycles. The van der Waals surface area contributed by atoms with Crippen molar-refractivity contribution in [2.24, 2.45) is 5.73 Å². The summed E-state index contributed by atoms with van der Waals surface area (Å²) in [5.74, 6) is 0.0219. The minimum atomic E-state index is -4.37. The van der Waals surface area contributed by atoms with Gasteiger partial charge in [0.25, 0.3) is 0 Å². The van der Waals surface area contributed by atoms with Crippen molar-refractivity contribution >= 4 is 23.2 Å². The highest BCUT2D eigenvalue weighted by Crippen LogP contribution is 2.32. The molecular weight excluding hydrogens is 441 g/mol. The van der Waals surface area contributed by atoms with Gasteiger partial charge in [-0.1, -0.05) is 35.9 Å². The van der Waals surface area contributed by atoms with E-state index < -0.39 is 11.7 Å². The summed E-state index contributed by atoms with van der Waals surface area (Å²) in [7, 11) is 0. The molecule has 1 amide bonds. The summed E-state index contributed by atoms with van der Waals surface area (Å²) in [4.78, 5) is 19.1. The fourth-order valence-electron chi connectivity index (χ4n) is 4.49. The molecule has 0 unspecified atom stereocenters. The molecule has 0 aliphatic carbocycles. The Labute approximate surface area is 190 Å². The molecule has 2 fully saturated rings. The monoisotopic (exact) mass is 466 g/mol. The van der Waals surface area contributed by atoms with E-state index >= 15 is 0 Å². The van der Waals surface area contributed by atoms with E-state index in [-0.39, 0.29) is 18.0 Å². The normalized spacial score (nSPS) is 22.4. The van der Waals surface area contributed by atoms with Gasteiger partial charge in [-0.05, 0) is 36.2 Å². The maximum Gasteiger partial charge on any atom is 0.416 e. The number of hydrogen-bond acceptors (Lipinski definition) is 4. The third-order valence-corrected chi connectivity index (χ3v) is 6.55. The number of anilines is 1.